The molecule has 1 aromatic carbocycles. The predicted molar refractivity (Wildman–Crippen MR) is 80.6 cm³/mol. The molecule has 0 aliphatic carbocycles. The molecule has 0 fully saturated rings. The van der Waals surface area contributed by atoms with Crippen LogP contribution in [0.15, 0.2) is 60.7 Å². The van der Waals surface area contributed by atoms with Gasteiger partial charge in [0.05, 0.1) is 12.1 Å². The lowest BCUT2D eigenvalue weighted by molar-refractivity contribution is -0.118. The van der Waals surface area contributed by atoms with Crippen molar-refractivity contribution in [1.29, 1.82) is 0 Å². The van der Waals surface area contributed by atoms with Crippen LogP contribution >= 0.6 is 0 Å². The first kappa shape index (κ1) is 16.1. The molecule has 1 amide bonds. The van der Waals surface area contributed by atoms with Crippen molar-refractivity contribution in [3.63, 3.8) is 0 Å². The topological polar surface area (TPSA) is 20.3 Å². The fourth-order valence-electron chi connectivity index (χ4n) is 2.53. The largest absolute Gasteiger partial charge is 0.416 e. The number of anilines is 1. The molecular formula is C17H16F3NO. The van der Waals surface area contributed by atoms with Crippen LogP contribution in [0.1, 0.15) is 12.0 Å². The van der Waals surface area contributed by atoms with Crippen molar-refractivity contribution in [2.75, 3.05) is 11.4 Å². The Balaban J connectivity index is 2.44. The van der Waals surface area contributed by atoms with Gasteiger partial charge in [0.2, 0.25) is 5.91 Å². The highest BCUT2D eigenvalue weighted by Crippen LogP contribution is 2.32. The van der Waals surface area contributed by atoms with E-state index in [4.69, 9.17) is 0 Å². The number of fused-ring (bicyclic) bond motifs is 1. The van der Waals surface area contributed by atoms with E-state index in [1.54, 1.807) is 12.1 Å². The van der Waals surface area contributed by atoms with E-state index in [9.17, 15) is 18.0 Å². The minimum Gasteiger partial charge on any atom is -0.308 e. The quantitative estimate of drug-likeness (QED) is 0.764. The summed E-state index contributed by atoms with van der Waals surface area (Å²) in [4.78, 5) is 13.5. The molecule has 2 rings (SSSR count). The van der Waals surface area contributed by atoms with E-state index in [1.165, 1.54) is 4.90 Å². The van der Waals surface area contributed by atoms with Crippen LogP contribution in [-0.2, 0) is 11.2 Å². The zero-order valence-corrected chi connectivity index (χ0v) is 12.0. The van der Waals surface area contributed by atoms with Crippen molar-refractivity contribution in [2.24, 2.45) is 0 Å². The Morgan fingerprint density at radius 3 is 2.45 bits per heavy atom. The van der Waals surface area contributed by atoms with Gasteiger partial charge < -0.3 is 4.90 Å². The number of hydrogen-bond acceptors (Lipinski definition) is 1. The van der Waals surface area contributed by atoms with Crippen LogP contribution in [0, 0.1) is 0 Å². The molecule has 1 aliphatic heterocycles. The Bertz CT molecular complexity index is 644. The summed E-state index contributed by atoms with van der Waals surface area (Å²) in [5.41, 5.74) is 0.687. The summed E-state index contributed by atoms with van der Waals surface area (Å²) >= 11 is 0. The van der Waals surface area contributed by atoms with Crippen LogP contribution in [0.4, 0.5) is 18.9 Å². The van der Waals surface area contributed by atoms with E-state index < -0.39 is 11.7 Å². The van der Waals surface area contributed by atoms with Crippen LogP contribution in [0.3, 0.4) is 0 Å². The average molecular weight is 307 g/mol. The molecule has 2 nitrogen and oxygen atoms in total. The van der Waals surface area contributed by atoms with Gasteiger partial charge in [0.25, 0.3) is 0 Å². The molecular weight excluding hydrogens is 291 g/mol. The number of aryl methyl sites for hydroxylation is 1. The van der Waals surface area contributed by atoms with Crippen LogP contribution in [0.2, 0.25) is 0 Å². The van der Waals surface area contributed by atoms with E-state index in [2.05, 4.69) is 13.2 Å². The highest BCUT2D eigenvalue weighted by molar-refractivity contribution is 5.96. The fraction of sp³-hybridized carbons (Fsp3) is 0.235. The lowest BCUT2D eigenvalue weighted by atomic mass is 9.99. The number of carbonyl (C=O) groups is 1. The predicted octanol–water partition coefficient (Wildman–Crippen LogP) is 4.20. The maximum atomic E-state index is 13.0. The van der Waals surface area contributed by atoms with Crippen molar-refractivity contribution in [3.8, 4) is 0 Å². The van der Waals surface area contributed by atoms with Gasteiger partial charge >= 0.3 is 6.18 Å². The summed E-state index contributed by atoms with van der Waals surface area (Å²) in [5, 5.41) is 0. The van der Waals surface area contributed by atoms with Gasteiger partial charge in [-0.2, -0.15) is 13.2 Å². The third-order valence-electron chi connectivity index (χ3n) is 3.62. The zero-order valence-electron chi connectivity index (χ0n) is 12.0. The van der Waals surface area contributed by atoms with E-state index >= 15 is 0 Å². The van der Waals surface area contributed by atoms with E-state index in [1.807, 2.05) is 12.1 Å². The molecule has 1 heterocycles. The Morgan fingerprint density at radius 1 is 1.18 bits per heavy atom. The van der Waals surface area contributed by atoms with Crippen molar-refractivity contribution in [1.82, 2.24) is 0 Å². The summed E-state index contributed by atoms with van der Waals surface area (Å²) in [6.45, 7) is 6.50. The molecule has 0 atom stereocenters. The first-order chi connectivity index (χ1) is 10.4. The number of nitrogens with zero attached hydrogens (tertiary/aromatic N) is 1. The molecule has 22 heavy (non-hydrogen) atoms. The van der Waals surface area contributed by atoms with Crippen molar-refractivity contribution < 1.29 is 18.0 Å². The van der Waals surface area contributed by atoms with Gasteiger partial charge in [0, 0.05) is 12.1 Å². The molecule has 1 aliphatic rings. The number of rotatable bonds is 4. The molecule has 0 bridgehead atoms. The molecule has 0 saturated carbocycles. The van der Waals surface area contributed by atoms with Crippen molar-refractivity contribution in [2.45, 2.75) is 19.0 Å². The molecule has 0 aromatic heterocycles. The van der Waals surface area contributed by atoms with Crippen LogP contribution in [-0.4, -0.2) is 18.6 Å². The lowest BCUT2D eigenvalue weighted by Gasteiger charge is -2.30. The maximum Gasteiger partial charge on any atom is 0.416 e. The van der Waals surface area contributed by atoms with Crippen LogP contribution in [0.5, 0.6) is 0 Å². The van der Waals surface area contributed by atoms with Crippen molar-refractivity contribution in [3.05, 3.63) is 66.3 Å². The SMILES string of the molecule is C=C/C(CN1C(=O)CCc2ccccc21)=C(\C=C)C(F)(F)F. The second-order valence-corrected chi connectivity index (χ2v) is 4.95. The van der Waals surface area contributed by atoms with Gasteiger partial charge in [0.15, 0.2) is 0 Å². The molecule has 0 radical (unpaired) electrons. The smallest absolute Gasteiger partial charge is 0.308 e. The second kappa shape index (κ2) is 6.22. The zero-order chi connectivity index (χ0) is 16.3. The minimum atomic E-state index is -4.52. The Hall–Kier alpha value is -2.30. The number of benzene rings is 1. The first-order valence-corrected chi connectivity index (χ1v) is 6.82. The lowest BCUT2D eigenvalue weighted by Crippen LogP contribution is -2.37. The summed E-state index contributed by atoms with van der Waals surface area (Å²) < 4.78 is 39.1. The van der Waals surface area contributed by atoms with Gasteiger partial charge in [-0.1, -0.05) is 43.5 Å². The van der Waals surface area contributed by atoms with Gasteiger partial charge in [0.1, 0.15) is 0 Å². The van der Waals surface area contributed by atoms with Gasteiger partial charge in [-0.3, -0.25) is 4.79 Å². The molecule has 116 valence electrons. The van der Waals surface area contributed by atoms with E-state index in [-0.39, 0.29) is 24.4 Å². The molecule has 0 spiro atoms. The van der Waals surface area contributed by atoms with Gasteiger partial charge in [-0.15, -0.1) is 0 Å². The number of alkyl halides is 3. The summed E-state index contributed by atoms with van der Waals surface area (Å²) in [5.74, 6) is -0.191. The molecule has 5 heteroatoms. The highest BCUT2D eigenvalue weighted by Gasteiger charge is 2.34. The summed E-state index contributed by atoms with van der Waals surface area (Å²) in [6, 6.07) is 7.24. The first-order valence-electron chi connectivity index (χ1n) is 6.82. The monoisotopic (exact) mass is 307 g/mol. The van der Waals surface area contributed by atoms with Crippen LogP contribution in [0.25, 0.3) is 0 Å². The third kappa shape index (κ3) is 3.13. The fourth-order valence-corrected chi connectivity index (χ4v) is 2.53. The summed E-state index contributed by atoms with van der Waals surface area (Å²) in [7, 11) is 0. The third-order valence-corrected chi connectivity index (χ3v) is 3.62. The highest BCUT2D eigenvalue weighted by atomic mass is 19.4. The number of hydrogen-bond donors (Lipinski definition) is 0. The number of amides is 1. The molecule has 1 aromatic rings. The summed E-state index contributed by atoms with van der Waals surface area (Å²) in [6.07, 6.45) is -1.74. The standard InChI is InChI=1S/C17H16F3NO/c1-3-12(14(4-2)17(18,19)20)11-21-15-8-6-5-7-13(15)9-10-16(21)22/h3-8H,1-2,9-11H2/b14-12-. The molecule has 0 saturated heterocycles. The van der Waals surface area contributed by atoms with Crippen molar-refractivity contribution >= 4 is 11.6 Å². The molecule has 0 unspecified atom stereocenters. The number of halogens is 3. The minimum absolute atomic E-state index is 0.0625. The normalized spacial score (nSPS) is 16.0. The van der Waals surface area contributed by atoms with Gasteiger partial charge in [-0.05, 0) is 23.6 Å². The Labute approximate surface area is 127 Å². The van der Waals surface area contributed by atoms with Gasteiger partial charge in [-0.25, -0.2) is 0 Å². The number of allylic oxidation sites excluding steroid dienone is 2. The second-order valence-electron chi connectivity index (χ2n) is 4.95. The Kier molecular flexibility index (Phi) is 4.54. The van der Waals surface area contributed by atoms with E-state index in [0.717, 1.165) is 17.7 Å². The van der Waals surface area contributed by atoms with Crippen LogP contribution < -0.4 is 4.90 Å². The van der Waals surface area contributed by atoms with E-state index in [0.29, 0.717) is 12.1 Å². The number of carbonyl (C=O) groups excluding carboxylic acids is 1. The number of para-hydroxylation sites is 1. The molecule has 0 N–H and O–H groups in total. The average Bonchev–Trinajstić information content (AvgIpc) is 2.47. The Morgan fingerprint density at radius 2 is 1.86 bits per heavy atom. The maximum absolute atomic E-state index is 13.0.